The third-order valence-electron chi connectivity index (χ3n) is 0.258. The van der Waals surface area contributed by atoms with Crippen LogP contribution >= 0.6 is 0 Å². The van der Waals surface area contributed by atoms with Crippen LogP contribution in [-0.4, -0.2) is 16.4 Å². The van der Waals surface area contributed by atoms with E-state index in [1.807, 2.05) is 0 Å². The summed E-state index contributed by atoms with van der Waals surface area (Å²) in [5.41, 5.74) is 0. The maximum atomic E-state index is 3.70. The zero-order valence-corrected chi connectivity index (χ0v) is 9.87. The average Bonchev–Trinajstić information content (AvgIpc) is 1.38. The van der Waals surface area contributed by atoms with Gasteiger partial charge in [-0.3, -0.25) is 0 Å². The van der Waals surface area contributed by atoms with Gasteiger partial charge in [0.2, 0.25) is 0 Å². The fraction of sp³-hybridized carbons (Fsp3) is 0. The van der Waals surface area contributed by atoms with Crippen molar-refractivity contribution in [3.8, 4) is 0 Å². The SMILES string of the molecule is C=[CH][Pt]([SiH3])[SiH3]. The van der Waals surface area contributed by atoms with Crippen molar-refractivity contribution in [1.82, 2.24) is 0 Å². The van der Waals surface area contributed by atoms with Crippen LogP contribution in [0, 0.1) is 0 Å². The summed E-state index contributed by atoms with van der Waals surface area (Å²) in [6, 6.07) is 0. The van der Waals surface area contributed by atoms with E-state index in [1.165, 1.54) is 16.4 Å². The molecular weight excluding hydrogens is 275 g/mol. The van der Waals surface area contributed by atoms with E-state index in [4.69, 9.17) is 0 Å². The van der Waals surface area contributed by atoms with E-state index < -0.39 is 0 Å². The summed E-state index contributed by atoms with van der Waals surface area (Å²) in [5, 5.41) is 0. The molecule has 0 saturated carbocycles. The molecule has 0 radical (unpaired) electrons. The first kappa shape index (κ1) is 5.86. The topological polar surface area (TPSA) is 0 Å². The molecule has 0 bridgehead atoms. The third-order valence-corrected chi connectivity index (χ3v) is 6.34. The van der Waals surface area contributed by atoms with Gasteiger partial charge >= 0.3 is 43.3 Å². The van der Waals surface area contributed by atoms with Gasteiger partial charge in [0.25, 0.3) is 0 Å². The van der Waals surface area contributed by atoms with Crippen LogP contribution in [0.25, 0.3) is 0 Å². The van der Waals surface area contributed by atoms with Crippen molar-refractivity contribution >= 4 is 16.4 Å². The molecule has 0 spiro atoms. The molecule has 0 N–H and O–H groups in total. The van der Waals surface area contributed by atoms with Crippen LogP contribution < -0.4 is 0 Å². The van der Waals surface area contributed by atoms with E-state index in [9.17, 15) is 0 Å². The second kappa shape index (κ2) is 3.07. The Hall–Kier alpha value is 0.862. The van der Waals surface area contributed by atoms with Crippen molar-refractivity contribution in [2.45, 2.75) is 0 Å². The molecule has 35 valence electrons. The molecule has 0 unspecified atom stereocenters. The van der Waals surface area contributed by atoms with Gasteiger partial charge in [0.1, 0.15) is 0 Å². The summed E-state index contributed by atoms with van der Waals surface area (Å²) in [7, 11) is 2.94. The van der Waals surface area contributed by atoms with E-state index >= 15 is 0 Å². The molecule has 0 aromatic carbocycles. The Morgan fingerprint density at radius 1 is 1.60 bits per heavy atom. The zero-order chi connectivity index (χ0) is 4.28. The molecule has 3 heteroatoms. The monoisotopic (exact) mass is 284 g/mol. The van der Waals surface area contributed by atoms with Crippen LogP contribution in [-0.2, 0) is 15.8 Å². The van der Waals surface area contributed by atoms with Crippen molar-refractivity contribution in [3.05, 3.63) is 11.0 Å². The van der Waals surface area contributed by atoms with Crippen molar-refractivity contribution in [1.29, 1.82) is 0 Å². The molecule has 0 rings (SSSR count). The van der Waals surface area contributed by atoms with Gasteiger partial charge in [-0.05, 0) is 0 Å². The van der Waals surface area contributed by atoms with Crippen molar-refractivity contribution < 1.29 is 15.8 Å². The van der Waals surface area contributed by atoms with Gasteiger partial charge in [-0.25, -0.2) is 0 Å². The molecule has 5 heavy (non-hydrogen) atoms. The Labute approximate surface area is 43.5 Å². The molecule has 0 saturated heterocycles. The Kier molecular flexibility index (Phi) is 3.60. The fourth-order valence-electron chi connectivity index (χ4n) is 0. The summed E-state index contributed by atoms with van der Waals surface area (Å²) in [6.45, 7) is 3.70. The second-order valence-corrected chi connectivity index (χ2v) is 33.3. The standard InChI is InChI=1S/C2H3.Pt.2H3Si/c1-2;;;/h1H,2H2;;2*1H3. The normalized spacial score (nSPS) is 11.6. The number of hydrogen-bond donors (Lipinski definition) is 0. The summed E-state index contributed by atoms with van der Waals surface area (Å²) in [5.74, 6) is 0. The van der Waals surface area contributed by atoms with Gasteiger partial charge in [0, 0.05) is 0 Å². The maximum absolute atomic E-state index is 3.70. The van der Waals surface area contributed by atoms with Gasteiger partial charge in [0.15, 0.2) is 0 Å². The predicted octanol–water partition coefficient (Wildman–Crippen LogP) is -1.69. The van der Waals surface area contributed by atoms with Gasteiger partial charge in [0.05, 0.1) is 0 Å². The van der Waals surface area contributed by atoms with Crippen molar-refractivity contribution in [3.63, 3.8) is 0 Å². The first-order valence-corrected chi connectivity index (χ1v) is 17.4. The first-order valence-electron chi connectivity index (χ1n) is 1.22. The predicted molar refractivity (Wildman–Crippen MR) is 30.1 cm³/mol. The van der Waals surface area contributed by atoms with E-state index in [1.54, 1.807) is 0 Å². The minimum absolute atomic E-state index is 0.246. The Morgan fingerprint density at radius 2 is 1.80 bits per heavy atom. The molecule has 0 aromatic rings. The Bertz CT molecular complexity index is 34.6. The summed E-state index contributed by atoms with van der Waals surface area (Å²) < 4.78 is 2.20. The molecule has 0 nitrogen and oxygen atoms in total. The van der Waals surface area contributed by atoms with Gasteiger partial charge in [-0.1, -0.05) is 0 Å². The Morgan fingerprint density at radius 3 is 1.80 bits per heavy atom. The van der Waals surface area contributed by atoms with E-state index in [-0.39, 0.29) is 15.8 Å². The minimum atomic E-state index is -0.246. The van der Waals surface area contributed by atoms with Crippen LogP contribution in [0.15, 0.2) is 11.0 Å². The quantitative estimate of drug-likeness (QED) is 0.504. The fourth-order valence-corrected chi connectivity index (χ4v) is 0. The van der Waals surface area contributed by atoms with E-state index in [0.717, 1.165) is 0 Å². The zero-order valence-electron chi connectivity index (χ0n) is 3.60. The summed E-state index contributed by atoms with van der Waals surface area (Å²) in [6.07, 6.45) is 0. The van der Waals surface area contributed by atoms with Crippen LogP contribution in [0.2, 0.25) is 0 Å². The molecule has 0 aliphatic rings. The summed E-state index contributed by atoms with van der Waals surface area (Å²) >= 11 is -0.246. The van der Waals surface area contributed by atoms with Gasteiger partial charge < -0.3 is 0 Å². The van der Waals surface area contributed by atoms with Crippen molar-refractivity contribution in [2.75, 3.05) is 0 Å². The van der Waals surface area contributed by atoms with E-state index in [0.29, 0.717) is 0 Å². The molecule has 0 amide bonds. The van der Waals surface area contributed by atoms with Crippen LogP contribution in [0.1, 0.15) is 0 Å². The molecule has 0 aliphatic carbocycles. The molecule has 0 aliphatic heterocycles. The van der Waals surface area contributed by atoms with Crippen LogP contribution in [0.4, 0.5) is 0 Å². The first-order chi connectivity index (χ1) is 2.27. The van der Waals surface area contributed by atoms with Crippen LogP contribution in [0.3, 0.4) is 0 Å². The molecule has 0 heterocycles. The van der Waals surface area contributed by atoms with Gasteiger partial charge in [-0.2, -0.15) is 0 Å². The summed E-state index contributed by atoms with van der Waals surface area (Å²) in [4.78, 5) is 0. The molecule has 0 fully saturated rings. The number of hydrogen-bond acceptors (Lipinski definition) is 0. The van der Waals surface area contributed by atoms with E-state index in [2.05, 4.69) is 11.0 Å². The molecular formula is C2H9PtSi2. The number of rotatable bonds is 1. The molecule has 0 aromatic heterocycles. The second-order valence-electron chi connectivity index (χ2n) is 0.810. The van der Waals surface area contributed by atoms with Crippen LogP contribution in [0.5, 0.6) is 0 Å². The average molecular weight is 284 g/mol. The third kappa shape index (κ3) is 4.86. The Balaban J connectivity index is 2.83. The van der Waals surface area contributed by atoms with Crippen molar-refractivity contribution in [2.24, 2.45) is 0 Å². The van der Waals surface area contributed by atoms with Gasteiger partial charge in [-0.15, -0.1) is 0 Å². The molecule has 0 atom stereocenters.